The Kier molecular flexibility index (Phi) is 12.3. The van der Waals surface area contributed by atoms with Gasteiger partial charge in [-0.2, -0.15) is 0 Å². The molecule has 8 heteroatoms. The molecule has 0 saturated heterocycles. The van der Waals surface area contributed by atoms with Gasteiger partial charge in [-0.3, -0.25) is 9.59 Å². The maximum atomic E-state index is 12.9. The largest absolute Gasteiger partial charge is 0.500 e. The van der Waals surface area contributed by atoms with Crippen LogP contribution in [0.2, 0.25) is 6.04 Å². The highest BCUT2D eigenvalue weighted by molar-refractivity contribution is 6.60. The lowest BCUT2D eigenvalue weighted by Crippen LogP contribution is -2.49. The normalized spacial score (nSPS) is 22.2. The fraction of sp³-hybridized carbons (Fsp3) is 0.913. The zero-order valence-corrected chi connectivity index (χ0v) is 21.8. The minimum atomic E-state index is -2.64. The summed E-state index contributed by atoms with van der Waals surface area (Å²) in [5.74, 6) is -0.179. The Bertz CT molecular complexity index is 538. The molecule has 182 valence electrons. The van der Waals surface area contributed by atoms with Gasteiger partial charge in [0.15, 0.2) is 0 Å². The molecule has 0 aliphatic heterocycles. The second-order valence-electron chi connectivity index (χ2n) is 9.70. The molecule has 1 rings (SSSR count). The lowest BCUT2D eigenvalue weighted by Gasteiger charge is -2.37. The summed E-state index contributed by atoms with van der Waals surface area (Å²) in [6.07, 6.45) is 7.32. The van der Waals surface area contributed by atoms with E-state index >= 15 is 0 Å². The number of rotatable bonds is 13. The lowest BCUT2D eigenvalue weighted by atomic mass is 9.78. The Morgan fingerprint density at radius 2 is 1.65 bits per heavy atom. The fourth-order valence-electron chi connectivity index (χ4n) is 4.23. The van der Waals surface area contributed by atoms with Crippen LogP contribution >= 0.6 is 0 Å². The van der Waals surface area contributed by atoms with E-state index in [1.165, 1.54) is 0 Å². The molecule has 0 aromatic carbocycles. The van der Waals surface area contributed by atoms with Crippen molar-refractivity contribution < 1.29 is 27.6 Å². The van der Waals surface area contributed by atoms with Crippen LogP contribution in [0.4, 0.5) is 0 Å². The van der Waals surface area contributed by atoms with E-state index in [0.717, 1.165) is 38.5 Å². The summed E-state index contributed by atoms with van der Waals surface area (Å²) in [6, 6.07) is 0.706. The topological polar surface area (TPSA) is 83.1 Å². The Labute approximate surface area is 190 Å². The average Bonchev–Trinajstić information content (AvgIpc) is 2.71. The van der Waals surface area contributed by atoms with E-state index in [4.69, 9.17) is 18.0 Å². The molecule has 0 aromatic heterocycles. The second-order valence-corrected chi connectivity index (χ2v) is 12.8. The molecular formula is C23H45NO6Si. The van der Waals surface area contributed by atoms with Gasteiger partial charge >= 0.3 is 14.8 Å². The first-order valence-electron chi connectivity index (χ1n) is 11.8. The highest BCUT2D eigenvalue weighted by Gasteiger charge is 2.42. The third-order valence-corrected chi connectivity index (χ3v) is 8.81. The van der Waals surface area contributed by atoms with E-state index in [2.05, 4.69) is 12.2 Å². The van der Waals surface area contributed by atoms with E-state index in [9.17, 15) is 9.59 Å². The minimum Gasteiger partial charge on any atom is -0.462 e. The van der Waals surface area contributed by atoms with Gasteiger partial charge in [-0.15, -0.1) is 0 Å². The predicted molar refractivity (Wildman–Crippen MR) is 124 cm³/mol. The number of carbonyl (C=O) groups is 2. The highest BCUT2D eigenvalue weighted by atomic mass is 28.4. The van der Waals surface area contributed by atoms with Crippen molar-refractivity contribution in [1.82, 2.24) is 5.32 Å². The molecule has 1 aliphatic rings. The van der Waals surface area contributed by atoms with Gasteiger partial charge in [-0.25, -0.2) is 0 Å². The van der Waals surface area contributed by atoms with Gasteiger partial charge in [0.25, 0.3) is 0 Å². The Hall–Kier alpha value is -0.963. The third kappa shape index (κ3) is 10.0. The average molecular weight is 460 g/mol. The monoisotopic (exact) mass is 459 g/mol. The van der Waals surface area contributed by atoms with E-state index in [-0.39, 0.29) is 29.4 Å². The van der Waals surface area contributed by atoms with Gasteiger partial charge < -0.3 is 23.3 Å². The van der Waals surface area contributed by atoms with Crippen molar-refractivity contribution in [2.24, 2.45) is 11.8 Å². The van der Waals surface area contributed by atoms with Gasteiger partial charge in [0, 0.05) is 39.3 Å². The smallest absolute Gasteiger partial charge is 0.462 e. The van der Waals surface area contributed by atoms with Gasteiger partial charge in [0.1, 0.15) is 6.10 Å². The molecule has 1 fully saturated rings. The van der Waals surface area contributed by atoms with Gasteiger partial charge in [0.2, 0.25) is 5.91 Å². The SMILES string of the molecule is CCCCCCC(=O)OC1CC(CC[Si](OC)(OC)OC)CCC1C(=O)NC(C)(C)C. The molecule has 1 N–H and O–H groups in total. The van der Waals surface area contributed by atoms with Crippen molar-refractivity contribution >= 4 is 20.7 Å². The molecule has 0 spiro atoms. The van der Waals surface area contributed by atoms with Crippen LogP contribution in [0.3, 0.4) is 0 Å². The molecule has 0 aromatic rings. The number of unbranched alkanes of at least 4 members (excludes halogenated alkanes) is 3. The van der Waals surface area contributed by atoms with E-state index in [1.807, 2.05) is 20.8 Å². The summed E-state index contributed by atoms with van der Waals surface area (Å²) in [7, 11) is 2.22. The predicted octanol–water partition coefficient (Wildman–Crippen LogP) is 4.47. The molecule has 31 heavy (non-hydrogen) atoms. The van der Waals surface area contributed by atoms with Crippen LogP contribution in [-0.4, -0.2) is 53.7 Å². The summed E-state index contributed by atoms with van der Waals surface area (Å²) in [4.78, 5) is 25.4. The molecule has 1 amide bonds. The number of hydrogen-bond donors (Lipinski definition) is 1. The van der Waals surface area contributed by atoms with E-state index in [0.29, 0.717) is 31.2 Å². The van der Waals surface area contributed by atoms with Crippen molar-refractivity contribution in [3.05, 3.63) is 0 Å². The Balaban J connectivity index is 2.78. The molecule has 3 atom stereocenters. The van der Waals surface area contributed by atoms with Crippen LogP contribution in [0.1, 0.15) is 85.5 Å². The number of carbonyl (C=O) groups excluding carboxylic acids is 2. The standard InChI is InChI=1S/C23H45NO6Si/c1-8-9-10-11-12-21(25)30-20-17-18(15-16-31(27-5,28-6)29-7)13-14-19(20)22(26)24-23(2,3)4/h18-20H,8-17H2,1-7H3,(H,24,26). The van der Waals surface area contributed by atoms with Crippen molar-refractivity contribution in [3.8, 4) is 0 Å². The zero-order valence-electron chi connectivity index (χ0n) is 20.8. The first-order chi connectivity index (χ1) is 14.6. The number of nitrogens with one attached hydrogen (secondary N) is 1. The van der Waals surface area contributed by atoms with E-state index < -0.39 is 8.80 Å². The maximum absolute atomic E-state index is 12.9. The first-order valence-corrected chi connectivity index (χ1v) is 13.7. The quantitative estimate of drug-likeness (QED) is 0.249. The second kappa shape index (κ2) is 13.6. The number of ether oxygens (including phenoxy) is 1. The minimum absolute atomic E-state index is 0.0240. The molecule has 0 heterocycles. The summed E-state index contributed by atoms with van der Waals surface area (Å²) in [6.45, 7) is 8.05. The molecule has 1 aliphatic carbocycles. The summed E-state index contributed by atoms with van der Waals surface area (Å²) >= 11 is 0. The highest BCUT2D eigenvalue weighted by Crippen LogP contribution is 2.36. The first kappa shape index (κ1) is 28.1. The number of esters is 1. The maximum Gasteiger partial charge on any atom is 0.500 e. The van der Waals surface area contributed by atoms with E-state index in [1.54, 1.807) is 21.3 Å². The third-order valence-electron chi connectivity index (χ3n) is 6.04. The molecule has 0 radical (unpaired) electrons. The van der Waals surface area contributed by atoms with Gasteiger partial charge in [-0.05, 0) is 58.8 Å². The van der Waals surface area contributed by atoms with Crippen molar-refractivity contribution in [1.29, 1.82) is 0 Å². The molecular weight excluding hydrogens is 414 g/mol. The Morgan fingerprint density at radius 3 is 2.19 bits per heavy atom. The molecule has 0 bridgehead atoms. The van der Waals surface area contributed by atoms with Crippen LogP contribution in [0.25, 0.3) is 0 Å². The van der Waals surface area contributed by atoms with Crippen molar-refractivity contribution in [2.75, 3.05) is 21.3 Å². The van der Waals surface area contributed by atoms with Crippen LogP contribution in [0.15, 0.2) is 0 Å². The lowest BCUT2D eigenvalue weighted by molar-refractivity contribution is -0.158. The van der Waals surface area contributed by atoms with Gasteiger partial charge in [-0.1, -0.05) is 26.2 Å². The summed E-state index contributed by atoms with van der Waals surface area (Å²) < 4.78 is 22.5. The number of hydrogen-bond acceptors (Lipinski definition) is 6. The molecule has 3 unspecified atom stereocenters. The Morgan fingerprint density at radius 1 is 1.00 bits per heavy atom. The van der Waals surface area contributed by atoms with Gasteiger partial charge in [0.05, 0.1) is 5.92 Å². The summed E-state index contributed by atoms with van der Waals surface area (Å²) in [5.41, 5.74) is -0.316. The van der Waals surface area contributed by atoms with Crippen molar-refractivity contribution in [3.63, 3.8) is 0 Å². The summed E-state index contributed by atoms with van der Waals surface area (Å²) in [5, 5.41) is 3.07. The van der Waals surface area contributed by atoms with Crippen LogP contribution in [0, 0.1) is 11.8 Å². The molecule has 7 nitrogen and oxygen atoms in total. The van der Waals surface area contributed by atoms with Crippen molar-refractivity contribution in [2.45, 2.75) is 103 Å². The zero-order chi connectivity index (χ0) is 23.5. The van der Waals surface area contributed by atoms with Crippen LogP contribution in [0.5, 0.6) is 0 Å². The molecule has 1 saturated carbocycles. The van der Waals surface area contributed by atoms with Crippen LogP contribution < -0.4 is 5.32 Å². The fourth-order valence-corrected chi connectivity index (χ4v) is 6.10. The van der Waals surface area contributed by atoms with Crippen LogP contribution in [-0.2, 0) is 27.6 Å². The number of amides is 1.